The number of nitrogens with zero attached hydrogens (tertiary/aromatic N) is 5. The average molecular weight is 628 g/mol. The summed E-state index contributed by atoms with van der Waals surface area (Å²) in [6, 6.07) is 11.9. The minimum atomic E-state index is -3.21. The maximum Gasteiger partial charge on any atom is 0.161 e. The number of benzene rings is 2. The number of halogens is 2. The molecule has 0 aliphatic carbocycles. The zero-order valence-corrected chi connectivity index (χ0v) is 25.5. The number of nitrogens with one attached hydrogen (secondary N) is 2. The summed E-state index contributed by atoms with van der Waals surface area (Å²) in [5.74, 6) is -0.751. The number of imidazole rings is 1. The van der Waals surface area contributed by atoms with Crippen molar-refractivity contribution >= 4 is 31.8 Å². The van der Waals surface area contributed by atoms with Gasteiger partial charge in [-0.1, -0.05) is 24.6 Å². The van der Waals surface area contributed by atoms with Crippen molar-refractivity contribution in [3.05, 3.63) is 83.8 Å². The van der Waals surface area contributed by atoms with Crippen LogP contribution < -0.4 is 0 Å². The standard InChI is InChI=1S/C33H31F2N7O2S/c1-45(43,44)11-8-20-12-22(15-24(34)14-20)25-6-5-7-26-31(25)39-33(38-26)32-28-27(40-41-32)18-37-30(29(28)35)23-13-21(16-36-17-23)19-42-9-3-2-4-10-42/h5-7,12-18H,2-4,8-11,19H2,1H3,(H,38,39)(H,40,41). The van der Waals surface area contributed by atoms with Crippen molar-refractivity contribution in [1.29, 1.82) is 0 Å². The van der Waals surface area contributed by atoms with E-state index < -0.39 is 21.5 Å². The van der Waals surface area contributed by atoms with Crippen molar-refractivity contribution in [2.45, 2.75) is 32.2 Å². The van der Waals surface area contributed by atoms with Gasteiger partial charge in [-0.15, -0.1) is 0 Å². The van der Waals surface area contributed by atoms with Crippen molar-refractivity contribution in [1.82, 2.24) is 35.0 Å². The first kappa shape index (κ1) is 29.2. The number of H-pyrrole nitrogens is 2. The van der Waals surface area contributed by atoms with E-state index in [0.717, 1.165) is 31.5 Å². The Kier molecular flexibility index (Phi) is 7.62. The number of aryl methyl sites for hydroxylation is 1. The first-order valence-corrected chi connectivity index (χ1v) is 16.9. The molecule has 0 atom stereocenters. The number of pyridine rings is 2. The van der Waals surface area contributed by atoms with Crippen molar-refractivity contribution in [3.8, 4) is 33.9 Å². The topological polar surface area (TPSA) is 121 Å². The molecular formula is C33H31F2N7O2S. The van der Waals surface area contributed by atoms with E-state index in [1.54, 1.807) is 18.5 Å². The number of likely N-dealkylation sites (tertiary alicyclic amines) is 1. The predicted molar refractivity (Wildman–Crippen MR) is 170 cm³/mol. The fraction of sp³-hybridized carbons (Fsp3) is 0.273. The Morgan fingerprint density at radius 3 is 2.56 bits per heavy atom. The lowest BCUT2D eigenvalue weighted by Crippen LogP contribution is -2.29. The molecule has 12 heteroatoms. The summed E-state index contributed by atoms with van der Waals surface area (Å²) in [6.07, 6.45) is 9.96. The molecule has 9 nitrogen and oxygen atoms in total. The Hall–Kier alpha value is -4.55. The lowest BCUT2D eigenvalue weighted by atomic mass is 10.0. The maximum atomic E-state index is 16.3. The third-order valence-corrected chi connectivity index (χ3v) is 9.18. The second-order valence-corrected chi connectivity index (χ2v) is 14.0. The molecule has 0 bridgehead atoms. The van der Waals surface area contributed by atoms with Crippen LogP contribution in [0.15, 0.2) is 61.1 Å². The van der Waals surface area contributed by atoms with E-state index in [1.807, 2.05) is 30.5 Å². The van der Waals surface area contributed by atoms with E-state index >= 15 is 4.39 Å². The van der Waals surface area contributed by atoms with Gasteiger partial charge in [-0.3, -0.25) is 20.0 Å². The highest BCUT2D eigenvalue weighted by Crippen LogP contribution is 2.35. The van der Waals surface area contributed by atoms with Gasteiger partial charge in [0.1, 0.15) is 27.0 Å². The Balaban J connectivity index is 1.26. The Morgan fingerprint density at radius 1 is 0.911 bits per heavy atom. The fourth-order valence-corrected chi connectivity index (χ4v) is 6.66. The predicted octanol–water partition coefficient (Wildman–Crippen LogP) is 6.08. The number of sulfone groups is 1. The number of fused-ring (bicyclic) bond motifs is 2. The molecule has 1 saturated heterocycles. The molecule has 7 rings (SSSR count). The van der Waals surface area contributed by atoms with E-state index in [-0.39, 0.29) is 23.3 Å². The van der Waals surface area contributed by atoms with Crippen LogP contribution in [0.2, 0.25) is 0 Å². The molecule has 1 aliphatic rings. The number of aromatic amines is 2. The summed E-state index contributed by atoms with van der Waals surface area (Å²) in [4.78, 5) is 19.2. The van der Waals surface area contributed by atoms with Crippen molar-refractivity contribution < 1.29 is 17.2 Å². The van der Waals surface area contributed by atoms with Crippen LogP contribution >= 0.6 is 0 Å². The second-order valence-electron chi connectivity index (χ2n) is 11.7. The van der Waals surface area contributed by atoms with Crippen molar-refractivity contribution in [3.63, 3.8) is 0 Å². The molecule has 2 N–H and O–H groups in total. The molecule has 2 aromatic carbocycles. The molecule has 1 fully saturated rings. The normalized spacial score (nSPS) is 14.5. The number of aromatic nitrogens is 6. The van der Waals surface area contributed by atoms with Gasteiger partial charge in [-0.05, 0) is 73.3 Å². The Bertz CT molecular complexity index is 2150. The molecule has 0 saturated carbocycles. The van der Waals surface area contributed by atoms with Gasteiger partial charge in [-0.2, -0.15) is 5.10 Å². The summed E-state index contributed by atoms with van der Waals surface area (Å²) < 4.78 is 54.3. The van der Waals surface area contributed by atoms with Crippen molar-refractivity contribution in [2.24, 2.45) is 0 Å². The smallest absolute Gasteiger partial charge is 0.161 e. The summed E-state index contributed by atoms with van der Waals surface area (Å²) in [6.45, 7) is 2.85. The molecule has 5 heterocycles. The molecule has 45 heavy (non-hydrogen) atoms. The summed E-state index contributed by atoms with van der Waals surface area (Å²) in [5, 5.41) is 7.51. The molecule has 4 aromatic heterocycles. The highest BCUT2D eigenvalue weighted by Gasteiger charge is 2.22. The largest absolute Gasteiger partial charge is 0.337 e. The van der Waals surface area contributed by atoms with Gasteiger partial charge in [-0.25, -0.2) is 22.2 Å². The lowest BCUT2D eigenvalue weighted by Gasteiger charge is -2.26. The Labute approximate surface area is 258 Å². The fourth-order valence-electron chi connectivity index (χ4n) is 6.06. The van der Waals surface area contributed by atoms with Gasteiger partial charge in [0.2, 0.25) is 0 Å². The molecule has 6 aromatic rings. The minimum absolute atomic E-state index is 0.0832. The van der Waals surface area contributed by atoms with Crippen LogP contribution in [0.25, 0.3) is 55.8 Å². The van der Waals surface area contributed by atoms with E-state index in [1.165, 1.54) is 31.4 Å². The zero-order valence-electron chi connectivity index (χ0n) is 24.6. The molecular weight excluding hydrogens is 596 g/mol. The van der Waals surface area contributed by atoms with E-state index in [9.17, 15) is 12.8 Å². The second kappa shape index (κ2) is 11.8. The molecule has 0 amide bonds. The summed E-state index contributed by atoms with van der Waals surface area (Å²) in [7, 11) is -3.21. The maximum absolute atomic E-state index is 16.3. The monoisotopic (exact) mass is 627 g/mol. The summed E-state index contributed by atoms with van der Waals surface area (Å²) >= 11 is 0. The van der Waals surface area contributed by atoms with Crippen LogP contribution in [0.5, 0.6) is 0 Å². The van der Waals surface area contributed by atoms with Gasteiger partial charge in [0.25, 0.3) is 0 Å². The van der Waals surface area contributed by atoms with Gasteiger partial charge >= 0.3 is 0 Å². The molecule has 0 unspecified atom stereocenters. The van der Waals surface area contributed by atoms with Crippen LogP contribution in [0.3, 0.4) is 0 Å². The van der Waals surface area contributed by atoms with E-state index in [4.69, 9.17) is 4.98 Å². The minimum Gasteiger partial charge on any atom is -0.337 e. The number of hydrogen-bond acceptors (Lipinski definition) is 7. The highest BCUT2D eigenvalue weighted by molar-refractivity contribution is 7.90. The molecule has 0 radical (unpaired) electrons. The van der Waals surface area contributed by atoms with Gasteiger partial charge < -0.3 is 4.98 Å². The summed E-state index contributed by atoms with van der Waals surface area (Å²) in [5.41, 5.74) is 5.46. The van der Waals surface area contributed by atoms with E-state index in [2.05, 4.69) is 30.0 Å². The van der Waals surface area contributed by atoms with Gasteiger partial charge in [0.15, 0.2) is 11.6 Å². The number of hydrogen-bond donors (Lipinski definition) is 2. The third kappa shape index (κ3) is 6.07. The highest BCUT2D eigenvalue weighted by atomic mass is 32.2. The molecule has 1 aliphatic heterocycles. The molecule has 0 spiro atoms. The average Bonchev–Trinajstić information content (AvgIpc) is 3.65. The van der Waals surface area contributed by atoms with Gasteiger partial charge in [0.05, 0.1) is 33.9 Å². The van der Waals surface area contributed by atoms with E-state index in [0.29, 0.717) is 50.3 Å². The van der Waals surface area contributed by atoms with Crippen LogP contribution in [-0.4, -0.2) is 68.5 Å². The number of piperidine rings is 1. The van der Waals surface area contributed by atoms with Gasteiger partial charge in [0, 0.05) is 36.3 Å². The first-order chi connectivity index (χ1) is 21.7. The van der Waals surface area contributed by atoms with Crippen LogP contribution in [0.1, 0.15) is 30.4 Å². The van der Waals surface area contributed by atoms with Crippen LogP contribution in [0.4, 0.5) is 8.78 Å². The van der Waals surface area contributed by atoms with Crippen LogP contribution in [0, 0.1) is 11.6 Å². The quantitative estimate of drug-likeness (QED) is 0.210. The Morgan fingerprint density at radius 2 is 1.73 bits per heavy atom. The SMILES string of the molecule is CS(=O)(=O)CCc1cc(F)cc(-c2cccc3[nH]c(-c4n[nH]c5cnc(-c6cncc(CN7CCCCC7)c6)c(F)c45)nc23)c1. The first-order valence-electron chi connectivity index (χ1n) is 14.9. The number of para-hydroxylation sites is 1. The van der Waals surface area contributed by atoms with Crippen molar-refractivity contribution in [2.75, 3.05) is 25.1 Å². The number of rotatable bonds is 8. The third-order valence-electron chi connectivity index (χ3n) is 8.23. The molecule has 230 valence electrons. The zero-order chi connectivity index (χ0) is 31.1. The lowest BCUT2D eigenvalue weighted by molar-refractivity contribution is 0.220. The van der Waals surface area contributed by atoms with Crippen LogP contribution in [-0.2, 0) is 22.8 Å².